The van der Waals surface area contributed by atoms with Crippen LogP contribution in [0.25, 0.3) is 5.00 Å². The predicted molar refractivity (Wildman–Crippen MR) is 57.4 cm³/mol. The standard InChI is InChI=1S/C10H10N2O2S/c1-2-14-10(13)8-6-11-12(7-8)9-4-3-5-15-9/h3-7H,2H2,1H3. The van der Waals surface area contributed by atoms with Crippen LogP contribution in [-0.4, -0.2) is 22.4 Å². The average molecular weight is 222 g/mol. The van der Waals surface area contributed by atoms with Crippen molar-refractivity contribution in [2.24, 2.45) is 0 Å². The molecule has 78 valence electrons. The van der Waals surface area contributed by atoms with Gasteiger partial charge in [-0.25, -0.2) is 9.48 Å². The van der Waals surface area contributed by atoms with Crippen LogP contribution in [0.1, 0.15) is 17.3 Å². The molecule has 2 aromatic heterocycles. The van der Waals surface area contributed by atoms with Gasteiger partial charge in [0.05, 0.1) is 18.4 Å². The maximum atomic E-state index is 11.4. The van der Waals surface area contributed by atoms with E-state index >= 15 is 0 Å². The van der Waals surface area contributed by atoms with E-state index in [1.807, 2.05) is 17.5 Å². The first-order chi connectivity index (χ1) is 7.31. The van der Waals surface area contributed by atoms with Gasteiger partial charge in [0.25, 0.3) is 0 Å². The second-order valence-electron chi connectivity index (χ2n) is 2.85. The van der Waals surface area contributed by atoms with Crippen molar-refractivity contribution in [1.82, 2.24) is 9.78 Å². The number of esters is 1. The number of hydrogen-bond acceptors (Lipinski definition) is 4. The summed E-state index contributed by atoms with van der Waals surface area (Å²) in [5.74, 6) is -0.333. The Hall–Kier alpha value is -1.62. The van der Waals surface area contributed by atoms with Gasteiger partial charge in [-0.3, -0.25) is 0 Å². The molecule has 0 aromatic carbocycles. The summed E-state index contributed by atoms with van der Waals surface area (Å²) in [7, 11) is 0. The van der Waals surface area contributed by atoms with Crippen molar-refractivity contribution in [3.63, 3.8) is 0 Å². The third-order valence-corrected chi connectivity index (χ3v) is 2.68. The fraction of sp³-hybridized carbons (Fsp3) is 0.200. The fourth-order valence-corrected chi connectivity index (χ4v) is 1.82. The number of nitrogens with zero attached hydrogens (tertiary/aromatic N) is 2. The maximum absolute atomic E-state index is 11.4. The number of rotatable bonds is 3. The zero-order valence-electron chi connectivity index (χ0n) is 8.21. The molecule has 0 saturated carbocycles. The second kappa shape index (κ2) is 4.27. The zero-order valence-corrected chi connectivity index (χ0v) is 9.03. The highest BCUT2D eigenvalue weighted by atomic mass is 32.1. The van der Waals surface area contributed by atoms with Crippen molar-refractivity contribution in [3.05, 3.63) is 35.5 Å². The Morgan fingerprint density at radius 3 is 3.20 bits per heavy atom. The Bertz CT molecular complexity index is 448. The van der Waals surface area contributed by atoms with Crippen LogP contribution in [0.3, 0.4) is 0 Å². The average Bonchev–Trinajstić information content (AvgIpc) is 2.89. The highest BCUT2D eigenvalue weighted by Crippen LogP contribution is 2.14. The van der Waals surface area contributed by atoms with Crippen molar-refractivity contribution in [3.8, 4) is 5.00 Å². The van der Waals surface area contributed by atoms with Gasteiger partial charge in [-0.1, -0.05) is 0 Å². The quantitative estimate of drug-likeness (QED) is 0.747. The lowest BCUT2D eigenvalue weighted by Crippen LogP contribution is -2.03. The smallest absolute Gasteiger partial charge is 0.341 e. The third kappa shape index (κ3) is 2.07. The Morgan fingerprint density at radius 1 is 1.67 bits per heavy atom. The first-order valence-corrected chi connectivity index (χ1v) is 5.45. The van der Waals surface area contributed by atoms with E-state index in [9.17, 15) is 4.79 Å². The molecule has 2 heterocycles. The summed E-state index contributed by atoms with van der Waals surface area (Å²) in [6, 6.07) is 3.87. The van der Waals surface area contributed by atoms with Crippen molar-refractivity contribution < 1.29 is 9.53 Å². The highest BCUT2D eigenvalue weighted by molar-refractivity contribution is 7.12. The SMILES string of the molecule is CCOC(=O)c1cnn(-c2cccs2)c1. The minimum atomic E-state index is -0.333. The lowest BCUT2D eigenvalue weighted by Gasteiger charge is -1.96. The van der Waals surface area contributed by atoms with Crippen LogP contribution in [-0.2, 0) is 4.74 Å². The lowest BCUT2D eigenvalue weighted by atomic mass is 10.4. The molecule has 0 amide bonds. The molecular formula is C10H10N2O2S. The lowest BCUT2D eigenvalue weighted by molar-refractivity contribution is 0.0526. The van der Waals surface area contributed by atoms with E-state index in [1.165, 1.54) is 6.20 Å². The number of ether oxygens (including phenoxy) is 1. The molecule has 0 spiro atoms. The van der Waals surface area contributed by atoms with Crippen LogP contribution in [0, 0.1) is 0 Å². The van der Waals surface area contributed by atoms with Crippen LogP contribution >= 0.6 is 11.3 Å². The molecule has 15 heavy (non-hydrogen) atoms. The number of aromatic nitrogens is 2. The Labute approximate surface area is 91.1 Å². The van der Waals surface area contributed by atoms with Crippen molar-refractivity contribution >= 4 is 17.3 Å². The predicted octanol–water partition coefficient (Wildman–Crippen LogP) is 2.11. The molecule has 5 heteroatoms. The van der Waals surface area contributed by atoms with E-state index in [1.54, 1.807) is 29.1 Å². The van der Waals surface area contributed by atoms with Gasteiger partial charge in [0.15, 0.2) is 0 Å². The topological polar surface area (TPSA) is 44.1 Å². The molecule has 4 nitrogen and oxygen atoms in total. The molecular weight excluding hydrogens is 212 g/mol. The van der Waals surface area contributed by atoms with Crippen LogP contribution in [0.4, 0.5) is 0 Å². The molecule has 2 aromatic rings. The first kappa shape index (κ1) is 9.92. The largest absolute Gasteiger partial charge is 0.462 e. The summed E-state index contributed by atoms with van der Waals surface area (Å²) < 4.78 is 6.53. The molecule has 2 rings (SSSR count). The molecule has 0 aliphatic heterocycles. The van der Waals surface area contributed by atoms with E-state index in [4.69, 9.17) is 4.74 Å². The minimum absolute atomic E-state index is 0.333. The molecule has 0 aliphatic carbocycles. The Morgan fingerprint density at radius 2 is 2.53 bits per heavy atom. The van der Waals surface area contributed by atoms with Crippen LogP contribution in [0.2, 0.25) is 0 Å². The van der Waals surface area contributed by atoms with Gasteiger partial charge in [-0.2, -0.15) is 5.10 Å². The van der Waals surface area contributed by atoms with Gasteiger partial charge in [-0.05, 0) is 24.4 Å². The summed E-state index contributed by atoms with van der Waals surface area (Å²) in [5, 5.41) is 7.02. The van der Waals surface area contributed by atoms with E-state index in [2.05, 4.69) is 5.10 Å². The molecule has 0 aliphatic rings. The van der Waals surface area contributed by atoms with Crippen molar-refractivity contribution in [1.29, 1.82) is 0 Å². The van der Waals surface area contributed by atoms with Crippen molar-refractivity contribution in [2.45, 2.75) is 6.92 Å². The second-order valence-corrected chi connectivity index (χ2v) is 3.77. The molecule has 0 N–H and O–H groups in total. The van der Waals surface area contributed by atoms with Gasteiger partial charge in [-0.15, -0.1) is 11.3 Å². The maximum Gasteiger partial charge on any atom is 0.341 e. The summed E-state index contributed by atoms with van der Waals surface area (Å²) in [6.07, 6.45) is 3.18. The summed E-state index contributed by atoms with van der Waals surface area (Å²) >= 11 is 1.56. The first-order valence-electron chi connectivity index (χ1n) is 4.57. The van der Waals surface area contributed by atoms with E-state index < -0.39 is 0 Å². The molecule has 0 bridgehead atoms. The van der Waals surface area contributed by atoms with E-state index in [0.29, 0.717) is 12.2 Å². The highest BCUT2D eigenvalue weighted by Gasteiger charge is 2.09. The monoisotopic (exact) mass is 222 g/mol. The third-order valence-electron chi connectivity index (χ3n) is 1.83. The number of hydrogen-bond donors (Lipinski definition) is 0. The molecule has 0 unspecified atom stereocenters. The van der Waals surface area contributed by atoms with Gasteiger partial charge in [0.2, 0.25) is 0 Å². The Kier molecular flexibility index (Phi) is 2.82. The number of carbonyl (C=O) groups is 1. The van der Waals surface area contributed by atoms with Gasteiger partial charge in [0.1, 0.15) is 5.00 Å². The van der Waals surface area contributed by atoms with E-state index in [-0.39, 0.29) is 5.97 Å². The Balaban J connectivity index is 2.21. The van der Waals surface area contributed by atoms with Gasteiger partial charge < -0.3 is 4.74 Å². The van der Waals surface area contributed by atoms with Gasteiger partial charge in [0, 0.05) is 6.20 Å². The fourth-order valence-electron chi connectivity index (χ4n) is 1.16. The van der Waals surface area contributed by atoms with Gasteiger partial charge >= 0.3 is 5.97 Å². The zero-order chi connectivity index (χ0) is 10.7. The molecule has 0 radical (unpaired) electrons. The molecule has 0 atom stereocenters. The molecule has 0 saturated heterocycles. The van der Waals surface area contributed by atoms with Crippen LogP contribution in [0.5, 0.6) is 0 Å². The number of carbonyl (C=O) groups excluding carboxylic acids is 1. The normalized spacial score (nSPS) is 10.2. The molecule has 0 fully saturated rings. The summed E-state index contributed by atoms with van der Waals surface area (Å²) in [4.78, 5) is 11.4. The summed E-state index contributed by atoms with van der Waals surface area (Å²) in [5.41, 5.74) is 0.477. The summed E-state index contributed by atoms with van der Waals surface area (Å²) in [6.45, 7) is 2.16. The van der Waals surface area contributed by atoms with Crippen LogP contribution < -0.4 is 0 Å². The van der Waals surface area contributed by atoms with Crippen molar-refractivity contribution in [2.75, 3.05) is 6.61 Å². The van der Waals surface area contributed by atoms with Crippen LogP contribution in [0.15, 0.2) is 29.9 Å². The minimum Gasteiger partial charge on any atom is -0.462 e. The van der Waals surface area contributed by atoms with E-state index in [0.717, 1.165) is 5.00 Å². The number of thiophene rings is 1.